The van der Waals surface area contributed by atoms with Gasteiger partial charge in [0.15, 0.2) is 11.5 Å². The first kappa shape index (κ1) is 13.5. The van der Waals surface area contributed by atoms with Crippen molar-refractivity contribution in [3.05, 3.63) is 53.5 Å². The Morgan fingerprint density at radius 1 is 1.29 bits per heavy atom. The van der Waals surface area contributed by atoms with Crippen LogP contribution in [0.3, 0.4) is 0 Å². The normalized spacial score (nSPS) is 18.3. The highest BCUT2D eigenvalue weighted by Crippen LogP contribution is 2.27. The van der Waals surface area contributed by atoms with Crippen molar-refractivity contribution in [3.8, 4) is 6.07 Å². The summed E-state index contributed by atoms with van der Waals surface area (Å²) in [5, 5.41) is 9.17. The lowest BCUT2D eigenvalue weighted by Gasteiger charge is -2.34. The van der Waals surface area contributed by atoms with Gasteiger partial charge in [0.2, 0.25) is 0 Å². The maximum absolute atomic E-state index is 9.17. The standard InChI is InChI=1S/C16H16N4O/c1-12-4-2-3-5-13(12)15-11-20(8-9-21-15)16-14(10-17)18-6-7-19-16/h2-7,15H,8-9,11H2,1H3/t15-/m0/s1. The Bertz CT molecular complexity index is 680. The highest BCUT2D eigenvalue weighted by Gasteiger charge is 2.25. The number of morpholine rings is 1. The second-order valence-corrected chi connectivity index (χ2v) is 5.00. The van der Waals surface area contributed by atoms with Gasteiger partial charge in [-0.15, -0.1) is 0 Å². The van der Waals surface area contributed by atoms with Crippen LogP contribution in [0.5, 0.6) is 0 Å². The van der Waals surface area contributed by atoms with Gasteiger partial charge in [0, 0.05) is 25.5 Å². The molecule has 0 amide bonds. The summed E-state index contributed by atoms with van der Waals surface area (Å²) >= 11 is 0. The summed E-state index contributed by atoms with van der Waals surface area (Å²) in [4.78, 5) is 10.5. The lowest BCUT2D eigenvalue weighted by Crippen LogP contribution is -2.39. The Morgan fingerprint density at radius 3 is 2.90 bits per heavy atom. The van der Waals surface area contributed by atoms with Crippen LogP contribution in [-0.4, -0.2) is 29.7 Å². The zero-order valence-corrected chi connectivity index (χ0v) is 11.9. The van der Waals surface area contributed by atoms with Gasteiger partial charge in [-0.3, -0.25) is 0 Å². The van der Waals surface area contributed by atoms with E-state index in [0.29, 0.717) is 24.7 Å². The lowest BCUT2D eigenvalue weighted by molar-refractivity contribution is 0.0391. The largest absolute Gasteiger partial charge is 0.370 e. The van der Waals surface area contributed by atoms with Crippen LogP contribution in [0.4, 0.5) is 5.82 Å². The molecule has 0 saturated carbocycles. The van der Waals surface area contributed by atoms with Gasteiger partial charge in [-0.05, 0) is 18.1 Å². The number of nitrogens with zero attached hydrogens (tertiary/aromatic N) is 4. The van der Waals surface area contributed by atoms with Crippen molar-refractivity contribution in [2.45, 2.75) is 13.0 Å². The maximum Gasteiger partial charge on any atom is 0.183 e. The Labute approximate surface area is 123 Å². The molecule has 5 nitrogen and oxygen atoms in total. The zero-order chi connectivity index (χ0) is 14.7. The highest BCUT2D eigenvalue weighted by molar-refractivity contribution is 5.50. The minimum Gasteiger partial charge on any atom is -0.370 e. The van der Waals surface area contributed by atoms with Crippen LogP contribution in [0.1, 0.15) is 22.9 Å². The lowest BCUT2D eigenvalue weighted by atomic mass is 10.0. The van der Waals surface area contributed by atoms with Crippen molar-refractivity contribution in [1.82, 2.24) is 9.97 Å². The minimum atomic E-state index is -0.00602. The van der Waals surface area contributed by atoms with Gasteiger partial charge in [0.05, 0.1) is 6.61 Å². The number of rotatable bonds is 2. The molecule has 0 N–H and O–H groups in total. The van der Waals surface area contributed by atoms with Gasteiger partial charge in [-0.25, -0.2) is 9.97 Å². The smallest absolute Gasteiger partial charge is 0.183 e. The van der Waals surface area contributed by atoms with Crippen LogP contribution in [0, 0.1) is 18.3 Å². The third-order valence-corrected chi connectivity index (χ3v) is 3.69. The number of nitriles is 1. The van der Waals surface area contributed by atoms with Gasteiger partial charge >= 0.3 is 0 Å². The van der Waals surface area contributed by atoms with Crippen LogP contribution in [0.2, 0.25) is 0 Å². The van der Waals surface area contributed by atoms with Crippen LogP contribution < -0.4 is 4.90 Å². The fourth-order valence-electron chi connectivity index (χ4n) is 2.62. The van der Waals surface area contributed by atoms with E-state index in [0.717, 1.165) is 6.54 Å². The molecule has 0 aliphatic carbocycles. The fourth-order valence-corrected chi connectivity index (χ4v) is 2.62. The number of hydrogen-bond donors (Lipinski definition) is 0. The van der Waals surface area contributed by atoms with E-state index in [2.05, 4.69) is 40.0 Å². The summed E-state index contributed by atoms with van der Waals surface area (Å²) in [5.41, 5.74) is 2.76. The average Bonchev–Trinajstić information content (AvgIpc) is 2.55. The first-order valence-corrected chi connectivity index (χ1v) is 6.93. The van der Waals surface area contributed by atoms with Crippen molar-refractivity contribution >= 4 is 5.82 Å². The summed E-state index contributed by atoms with van der Waals surface area (Å²) in [7, 11) is 0. The van der Waals surface area contributed by atoms with E-state index in [1.807, 2.05) is 12.1 Å². The van der Waals surface area contributed by atoms with Crippen LogP contribution in [0.15, 0.2) is 36.7 Å². The molecule has 21 heavy (non-hydrogen) atoms. The number of aryl methyl sites for hydroxylation is 1. The first-order valence-electron chi connectivity index (χ1n) is 6.93. The van der Waals surface area contributed by atoms with Gasteiger partial charge in [0.1, 0.15) is 12.2 Å². The summed E-state index contributed by atoms with van der Waals surface area (Å²) in [6, 6.07) is 10.3. The van der Waals surface area contributed by atoms with E-state index >= 15 is 0 Å². The molecule has 1 saturated heterocycles. The number of ether oxygens (including phenoxy) is 1. The number of aromatic nitrogens is 2. The summed E-state index contributed by atoms with van der Waals surface area (Å²) < 4.78 is 5.90. The van der Waals surface area contributed by atoms with E-state index in [4.69, 9.17) is 10.00 Å². The quantitative estimate of drug-likeness (QED) is 0.844. The third-order valence-electron chi connectivity index (χ3n) is 3.69. The van der Waals surface area contributed by atoms with Crippen molar-refractivity contribution in [3.63, 3.8) is 0 Å². The van der Waals surface area contributed by atoms with E-state index < -0.39 is 0 Å². The van der Waals surface area contributed by atoms with Crippen LogP contribution in [0.25, 0.3) is 0 Å². The molecule has 5 heteroatoms. The molecule has 0 unspecified atom stereocenters. The Kier molecular flexibility index (Phi) is 3.80. The molecular weight excluding hydrogens is 264 g/mol. The number of benzene rings is 1. The predicted molar refractivity (Wildman–Crippen MR) is 78.8 cm³/mol. The molecule has 1 aromatic heterocycles. The van der Waals surface area contributed by atoms with Gasteiger partial charge in [0.25, 0.3) is 0 Å². The topological polar surface area (TPSA) is 62.0 Å². The molecule has 3 rings (SSSR count). The van der Waals surface area contributed by atoms with Crippen molar-refractivity contribution < 1.29 is 4.74 Å². The van der Waals surface area contributed by atoms with E-state index in [9.17, 15) is 0 Å². The van der Waals surface area contributed by atoms with Crippen molar-refractivity contribution in [2.75, 3.05) is 24.6 Å². The highest BCUT2D eigenvalue weighted by atomic mass is 16.5. The maximum atomic E-state index is 9.17. The van der Waals surface area contributed by atoms with E-state index in [-0.39, 0.29) is 6.10 Å². The Balaban J connectivity index is 1.87. The molecule has 2 aromatic rings. The van der Waals surface area contributed by atoms with Crippen molar-refractivity contribution in [2.24, 2.45) is 0 Å². The Morgan fingerprint density at radius 2 is 2.10 bits per heavy atom. The second-order valence-electron chi connectivity index (χ2n) is 5.00. The van der Waals surface area contributed by atoms with E-state index in [1.165, 1.54) is 11.1 Å². The minimum absolute atomic E-state index is 0.00602. The number of hydrogen-bond acceptors (Lipinski definition) is 5. The third kappa shape index (κ3) is 2.71. The molecule has 1 aliphatic rings. The molecule has 0 bridgehead atoms. The molecule has 1 aromatic carbocycles. The molecule has 1 fully saturated rings. The first-order chi connectivity index (χ1) is 10.3. The molecule has 1 aliphatic heterocycles. The van der Waals surface area contributed by atoms with Crippen LogP contribution in [-0.2, 0) is 4.74 Å². The van der Waals surface area contributed by atoms with E-state index in [1.54, 1.807) is 12.4 Å². The summed E-state index contributed by atoms with van der Waals surface area (Å²) in [6.07, 6.45) is 3.16. The molecule has 1 atom stereocenters. The molecular formula is C16H16N4O. The van der Waals surface area contributed by atoms with Gasteiger partial charge in [-0.1, -0.05) is 24.3 Å². The summed E-state index contributed by atoms with van der Waals surface area (Å²) in [6.45, 7) is 4.09. The van der Waals surface area contributed by atoms with Crippen LogP contribution >= 0.6 is 0 Å². The SMILES string of the molecule is Cc1ccccc1[C@@H]1CN(c2nccnc2C#N)CCO1. The number of anilines is 1. The molecule has 0 radical (unpaired) electrons. The molecule has 106 valence electrons. The Hall–Kier alpha value is -2.45. The predicted octanol–water partition coefficient (Wildman–Crippen LogP) is 2.23. The zero-order valence-electron chi connectivity index (χ0n) is 11.9. The van der Waals surface area contributed by atoms with Crippen molar-refractivity contribution in [1.29, 1.82) is 5.26 Å². The fraction of sp³-hybridized carbons (Fsp3) is 0.312. The average molecular weight is 280 g/mol. The second kappa shape index (κ2) is 5.90. The molecule has 0 spiro atoms. The van der Waals surface area contributed by atoms with Gasteiger partial charge in [-0.2, -0.15) is 5.26 Å². The monoisotopic (exact) mass is 280 g/mol. The molecule has 2 heterocycles. The van der Waals surface area contributed by atoms with Gasteiger partial charge < -0.3 is 9.64 Å². The summed E-state index contributed by atoms with van der Waals surface area (Å²) in [5.74, 6) is 0.641.